The van der Waals surface area contributed by atoms with Crippen molar-refractivity contribution in [3.8, 4) is 0 Å². The molecular formula is C19H25F4N5O2. The first-order valence-corrected chi connectivity index (χ1v) is 9.11. The van der Waals surface area contributed by atoms with Gasteiger partial charge in [-0.25, -0.2) is 13.6 Å². The second-order valence-electron chi connectivity index (χ2n) is 7.02. The molecule has 2 N–H and O–H groups in total. The van der Waals surface area contributed by atoms with Gasteiger partial charge in [0.15, 0.2) is 0 Å². The molecule has 2 rings (SSSR count). The standard InChI is InChI=1S/C19H25F4N5O2/c1-27(2)16(14-8-25-28(3)10-14)9-24-18(29)26-15-6-4-5-13(7-15)11-30-12-19(22,23)17(20)21/h4-8,10,16-17H,9,11-12H2,1-3H3,(H2,24,26,29). The molecule has 0 saturated carbocycles. The van der Waals surface area contributed by atoms with Crippen molar-refractivity contribution in [1.29, 1.82) is 0 Å². The topological polar surface area (TPSA) is 71.4 Å². The lowest BCUT2D eigenvalue weighted by atomic mass is 10.1. The summed E-state index contributed by atoms with van der Waals surface area (Å²) in [7, 11) is 5.58. The third-order valence-corrected chi connectivity index (χ3v) is 4.26. The number of alkyl halides is 4. The summed E-state index contributed by atoms with van der Waals surface area (Å²) < 4.78 is 56.4. The van der Waals surface area contributed by atoms with E-state index in [0.29, 0.717) is 17.8 Å². The third-order valence-electron chi connectivity index (χ3n) is 4.26. The Bertz CT molecular complexity index is 829. The number of hydrogen-bond donors (Lipinski definition) is 2. The Labute approximate surface area is 172 Å². The van der Waals surface area contributed by atoms with Crippen LogP contribution in [0.5, 0.6) is 0 Å². The van der Waals surface area contributed by atoms with Gasteiger partial charge in [0.05, 0.1) is 18.8 Å². The van der Waals surface area contributed by atoms with E-state index in [1.807, 2.05) is 32.2 Å². The van der Waals surface area contributed by atoms with Crippen molar-refractivity contribution >= 4 is 11.7 Å². The molecule has 1 unspecified atom stereocenters. The molecule has 0 aliphatic heterocycles. The van der Waals surface area contributed by atoms with E-state index < -0.39 is 25.0 Å². The number of nitrogens with one attached hydrogen (secondary N) is 2. The fourth-order valence-corrected chi connectivity index (χ4v) is 2.68. The molecule has 1 heterocycles. The van der Waals surface area contributed by atoms with Crippen molar-refractivity contribution < 1.29 is 27.1 Å². The maximum absolute atomic E-state index is 12.9. The number of halogens is 4. The van der Waals surface area contributed by atoms with Crippen LogP contribution >= 0.6 is 0 Å². The molecule has 7 nitrogen and oxygen atoms in total. The summed E-state index contributed by atoms with van der Waals surface area (Å²) in [5.74, 6) is -4.20. The lowest BCUT2D eigenvalue weighted by molar-refractivity contribution is -0.168. The van der Waals surface area contributed by atoms with Crippen LogP contribution in [0.25, 0.3) is 0 Å². The number of aryl methyl sites for hydroxylation is 1. The number of amides is 2. The van der Waals surface area contributed by atoms with Gasteiger partial charge in [-0.3, -0.25) is 4.68 Å². The van der Waals surface area contributed by atoms with E-state index in [2.05, 4.69) is 15.7 Å². The van der Waals surface area contributed by atoms with Crippen LogP contribution in [0.3, 0.4) is 0 Å². The van der Waals surface area contributed by atoms with E-state index in [9.17, 15) is 22.4 Å². The Morgan fingerprint density at radius 2 is 2.07 bits per heavy atom. The molecule has 0 radical (unpaired) electrons. The molecule has 0 fully saturated rings. The van der Waals surface area contributed by atoms with Crippen LogP contribution in [-0.2, 0) is 18.4 Å². The zero-order chi connectivity index (χ0) is 22.3. The largest absolute Gasteiger partial charge is 0.370 e. The van der Waals surface area contributed by atoms with Crippen molar-refractivity contribution in [2.24, 2.45) is 7.05 Å². The van der Waals surface area contributed by atoms with Gasteiger partial charge in [0, 0.05) is 31.0 Å². The minimum absolute atomic E-state index is 0.0827. The molecule has 30 heavy (non-hydrogen) atoms. The monoisotopic (exact) mass is 431 g/mol. The molecule has 1 atom stereocenters. The molecule has 2 amide bonds. The average molecular weight is 431 g/mol. The number of carbonyl (C=O) groups is 1. The first kappa shape index (κ1) is 23.6. The lowest BCUT2D eigenvalue weighted by Gasteiger charge is -2.23. The van der Waals surface area contributed by atoms with Gasteiger partial charge in [-0.15, -0.1) is 0 Å². The number of nitrogens with zero attached hydrogens (tertiary/aromatic N) is 3. The number of ether oxygens (including phenoxy) is 1. The van der Waals surface area contributed by atoms with E-state index in [0.717, 1.165) is 5.56 Å². The van der Waals surface area contributed by atoms with E-state index in [-0.39, 0.29) is 12.6 Å². The van der Waals surface area contributed by atoms with Crippen molar-refractivity contribution in [3.63, 3.8) is 0 Å². The van der Waals surface area contributed by atoms with Crippen molar-refractivity contribution in [3.05, 3.63) is 47.8 Å². The predicted octanol–water partition coefficient (Wildman–Crippen LogP) is 3.26. The van der Waals surface area contributed by atoms with Gasteiger partial charge in [-0.2, -0.15) is 13.9 Å². The van der Waals surface area contributed by atoms with Crippen LogP contribution in [0.2, 0.25) is 0 Å². The van der Waals surface area contributed by atoms with Crippen LogP contribution < -0.4 is 10.6 Å². The maximum Gasteiger partial charge on any atom is 0.330 e. The molecule has 11 heteroatoms. The van der Waals surface area contributed by atoms with Crippen LogP contribution in [0.15, 0.2) is 36.7 Å². The van der Waals surface area contributed by atoms with Gasteiger partial charge in [0.25, 0.3) is 0 Å². The second kappa shape index (κ2) is 10.4. The summed E-state index contributed by atoms with van der Waals surface area (Å²) in [5, 5.41) is 9.55. The molecule has 0 aliphatic rings. The molecule has 1 aromatic heterocycles. The highest BCUT2D eigenvalue weighted by molar-refractivity contribution is 5.89. The molecule has 0 bridgehead atoms. The average Bonchev–Trinajstić information content (AvgIpc) is 3.07. The van der Waals surface area contributed by atoms with Gasteiger partial charge < -0.3 is 20.3 Å². The summed E-state index contributed by atoms with van der Waals surface area (Å²) in [6.45, 7) is -1.34. The molecule has 0 spiro atoms. The smallest absolute Gasteiger partial charge is 0.330 e. The molecule has 2 aromatic rings. The molecule has 0 saturated heterocycles. The van der Waals surface area contributed by atoms with Crippen molar-refractivity contribution in [1.82, 2.24) is 20.0 Å². The lowest BCUT2D eigenvalue weighted by Crippen LogP contribution is -2.36. The minimum atomic E-state index is -4.20. The Balaban J connectivity index is 1.87. The highest BCUT2D eigenvalue weighted by Crippen LogP contribution is 2.23. The maximum atomic E-state index is 12.9. The van der Waals surface area contributed by atoms with Crippen LogP contribution in [0.4, 0.5) is 28.0 Å². The molecule has 166 valence electrons. The summed E-state index contributed by atoms with van der Waals surface area (Å²) in [5.41, 5.74) is 1.82. The fourth-order valence-electron chi connectivity index (χ4n) is 2.68. The summed E-state index contributed by atoms with van der Waals surface area (Å²) in [6, 6.07) is 5.77. The number of carbonyl (C=O) groups excluding carboxylic acids is 1. The van der Waals surface area contributed by atoms with Crippen molar-refractivity contribution in [2.75, 3.05) is 32.6 Å². The Morgan fingerprint density at radius 3 is 2.67 bits per heavy atom. The first-order chi connectivity index (χ1) is 14.1. The number of likely N-dealkylation sites (N-methyl/N-ethyl adjacent to an activating group) is 1. The zero-order valence-electron chi connectivity index (χ0n) is 16.9. The summed E-state index contributed by atoms with van der Waals surface area (Å²) >= 11 is 0. The molecular weight excluding hydrogens is 406 g/mol. The fraction of sp³-hybridized carbons (Fsp3) is 0.474. The summed E-state index contributed by atoms with van der Waals surface area (Å²) in [6.07, 6.45) is -0.191. The Morgan fingerprint density at radius 1 is 1.33 bits per heavy atom. The number of urea groups is 1. The van der Waals surface area contributed by atoms with E-state index in [1.54, 1.807) is 29.1 Å². The number of rotatable bonds is 10. The third kappa shape index (κ3) is 6.99. The Kier molecular flexibility index (Phi) is 8.18. The number of hydrogen-bond acceptors (Lipinski definition) is 4. The van der Waals surface area contributed by atoms with Gasteiger partial charge in [0.2, 0.25) is 0 Å². The quantitative estimate of drug-likeness (QED) is 0.567. The number of anilines is 1. The van der Waals surface area contributed by atoms with Crippen LogP contribution in [0, 0.1) is 0 Å². The van der Waals surface area contributed by atoms with E-state index in [4.69, 9.17) is 4.74 Å². The molecule has 1 aromatic carbocycles. The first-order valence-electron chi connectivity index (χ1n) is 9.11. The highest BCUT2D eigenvalue weighted by atomic mass is 19.3. The van der Waals surface area contributed by atoms with E-state index in [1.165, 1.54) is 6.07 Å². The van der Waals surface area contributed by atoms with Gasteiger partial charge in [-0.1, -0.05) is 12.1 Å². The van der Waals surface area contributed by atoms with E-state index >= 15 is 0 Å². The number of aromatic nitrogens is 2. The highest BCUT2D eigenvalue weighted by Gasteiger charge is 2.40. The summed E-state index contributed by atoms with van der Waals surface area (Å²) in [4.78, 5) is 14.2. The Hall–Kier alpha value is -2.66. The zero-order valence-corrected chi connectivity index (χ0v) is 16.9. The predicted molar refractivity (Wildman–Crippen MR) is 104 cm³/mol. The van der Waals surface area contributed by atoms with Crippen molar-refractivity contribution in [2.45, 2.75) is 25.0 Å². The van der Waals surface area contributed by atoms with Crippen LogP contribution in [0.1, 0.15) is 17.2 Å². The SMILES string of the molecule is CN(C)C(CNC(=O)Nc1cccc(COCC(F)(F)C(F)F)c1)c1cnn(C)c1. The van der Waals surface area contributed by atoms with Gasteiger partial charge >= 0.3 is 18.4 Å². The van der Waals surface area contributed by atoms with Gasteiger partial charge in [-0.05, 0) is 31.8 Å². The minimum Gasteiger partial charge on any atom is -0.370 e. The van der Waals surface area contributed by atoms with Gasteiger partial charge in [0.1, 0.15) is 6.61 Å². The second-order valence-corrected chi connectivity index (χ2v) is 7.02. The number of benzene rings is 1. The van der Waals surface area contributed by atoms with Crippen LogP contribution in [-0.4, -0.2) is 60.3 Å². The molecule has 0 aliphatic carbocycles. The normalized spacial score (nSPS) is 13.0.